The van der Waals surface area contributed by atoms with E-state index in [1.165, 1.54) is 7.11 Å². The third kappa shape index (κ3) is 11.0. The summed E-state index contributed by atoms with van der Waals surface area (Å²) < 4.78 is 4.11. The Balaban J connectivity index is -0.000000245. The second-order valence-electron chi connectivity index (χ2n) is 1.13. The molecule has 0 rings (SSSR count). The Bertz CT molecular complexity index is 122. The number of hydrogen-bond donors (Lipinski definition) is 0. The summed E-state index contributed by atoms with van der Waals surface area (Å²) in [6.07, 6.45) is 0.778. The second kappa shape index (κ2) is 9.07. The van der Waals surface area contributed by atoms with Crippen molar-refractivity contribution in [3.63, 3.8) is 0 Å². The predicted octanol–water partition coefficient (Wildman–Crippen LogP) is -7.28. The van der Waals surface area contributed by atoms with Crippen LogP contribution in [-0.4, -0.2) is 7.11 Å². The zero-order chi connectivity index (χ0) is 6.57. The molecule has 3 nitrogen and oxygen atoms in total. The molecule has 0 aliphatic carbocycles. The SMILES string of the molecule is C=C([O-])/C=C(/[O-])OC.[Li+].[Li+]. The number of ether oxygens (including phenoxy) is 1. The number of hydrogen-bond acceptors (Lipinski definition) is 3. The van der Waals surface area contributed by atoms with Crippen LogP contribution in [0.5, 0.6) is 0 Å². The first-order valence-corrected chi connectivity index (χ1v) is 1.95. The Hall–Kier alpha value is 0.0748. The third-order valence-corrected chi connectivity index (χ3v) is 0.480. The normalized spacial score (nSPS) is 8.70. The Labute approximate surface area is 84.1 Å². The van der Waals surface area contributed by atoms with Crippen molar-refractivity contribution in [3.8, 4) is 0 Å². The quantitative estimate of drug-likeness (QED) is 0.211. The van der Waals surface area contributed by atoms with Crippen LogP contribution in [0.2, 0.25) is 0 Å². The van der Waals surface area contributed by atoms with Crippen LogP contribution >= 0.6 is 0 Å². The summed E-state index contributed by atoms with van der Waals surface area (Å²) in [5, 5.41) is 20.0. The van der Waals surface area contributed by atoms with Crippen LogP contribution in [-0.2, 0) is 4.74 Å². The minimum Gasteiger partial charge on any atom is -0.873 e. The number of allylic oxidation sites excluding steroid dienone is 1. The molecule has 0 heterocycles. The molecule has 0 amide bonds. The van der Waals surface area contributed by atoms with Crippen molar-refractivity contribution < 1.29 is 52.7 Å². The first kappa shape index (κ1) is 16.6. The summed E-state index contributed by atoms with van der Waals surface area (Å²) in [5.41, 5.74) is 0. The molecule has 0 unspecified atom stereocenters. The monoisotopic (exact) mass is 128 g/mol. The molecule has 0 saturated heterocycles. The largest absolute Gasteiger partial charge is 1.00 e. The van der Waals surface area contributed by atoms with Crippen LogP contribution in [0.25, 0.3) is 0 Å². The number of rotatable bonds is 2. The summed E-state index contributed by atoms with van der Waals surface area (Å²) in [6, 6.07) is 0. The predicted molar refractivity (Wildman–Crippen MR) is 24.2 cm³/mol. The van der Waals surface area contributed by atoms with E-state index in [-0.39, 0.29) is 37.7 Å². The zero-order valence-corrected chi connectivity index (χ0v) is 6.51. The summed E-state index contributed by atoms with van der Waals surface area (Å²) in [6.45, 7) is 2.93. The summed E-state index contributed by atoms with van der Waals surface area (Å²) in [4.78, 5) is 0. The molecule has 0 aliphatic rings. The first-order valence-electron chi connectivity index (χ1n) is 1.95. The molecule has 0 radical (unpaired) electrons. The van der Waals surface area contributed by atoms with Gasteiger partial charge in [0.25, 0.3) is 0 Å². The summed E-state index contributed by atoms with van der Waals surface area (Å²) >= 11 is 0. The molecule has 5 heteroatoms. The zero-order valence-electron chi connectivity index (χ0n) is 6.51. The Morgan fingerprint density at radius 1 is 1.40 bits per heavy atom. The van der Waals surface area contributed by atoms with Crippen LogP contribution in [0, 0.1) is 0 Å². The van der Waals surface area contributed by atoms with Gasteiger partial charge in [0.05, 0.1) is 5.95 Å². The molecule has 0 aromatic heterocycles. The molecule has 10 heavy (non-hydrogen) atoms. The van der Waals surface area contributed by atoms with Crippen LogP contribution in [0.1, 0.15) is 0 Å². The van der Waals surface area contributed by atoms with Gasteiger partial charge in [-0.05, 0) is 13.2 Å². The topological polar surface area (TPSA) is 55.3 Å². The first-order chi connectivity index (χ1) is 3.66. The Morgan fingerprint density at radius 2 is 1.80 bits per heavy atom. The van der Waals surface area contributed by atoms with E-state index in [1.807, 2.05) is 0 Å². The van der Waals surface area contributed by atoms with Gasteiger partial charge in [0, 0.05) is 0 Å². The van der Waals surface area contributed by atoms with Crippen LogP contribution < -0.4 is 47.9 Å². The summed E-state index contributed by atoms with van der Waals surface area (Å²) in [5.74, 6) is -1.21. The van der Waals surface area contributed by atoms with Crippen molar-refractivity contribution >= 4 is 0 Å². The fourth-order valence-electron chi connectivity index (χ4n) is 0.190. The minimum absolute atomic E-state index is 0. The summed E-state index contributed by atoms with van der Waals surface area (Å²) in [7, 11) is 1.20. The molecule has 0 bridgehead atoms. The molecule has 0 aliphatic heterocycles. The van der Waals surface area contributed by atoms with Crippen molar-refractivity contribution in [2.24, 2.45) is 0 Å². The fourth-order valence-corrected chi connectivity index (χ4v) is 0.190. The third-order valence-electron chi connectivity index (χ3n) is 0.480. The number of methoxy groups -OCH3 is 1. The van der Waals surface area contributed by atoms with E-state index in [4.69, 9.17) is 0 Å². The van der Waals surface area contributed by atoms with Gasteiger partial charge < -0.3 is 14.9 Å². The second-order valence-corrected chi connectivity index (χ2v) is 1.13. The van der Waals surface area contributed by atoms with Crippen molar-refractivity contribution in [3.05, 3.63) is 24.4 Å². The molecule has 0 fully saturated rings. The van der Waals surface area contributed by atoms with Gasteiger partial charge in [-0.2, -0.15) is 0 Å². The van der Waals surface area contributed by atoms with E-state index >= 15 is 0 Å². The fraction of sp³-hybridized carbons (Fsp3) is 0.200. The van der Waals surface area contributed by atoms with Gasteiger partial charge in [-0.15, -0.1) is 12.3 Å². The van der Waals surface area contributed by atoms with Crippen molar-refractivity contribution in [2.75, 3.05) is 7.11 Å². The van der Waals surface area contributed by atoms with Crippen molar-refractivity contribution in [1.82, 2.24) is 0 Å². The van der Waals surface area contributed by atoms with Crippen LogP contribution in [0.15, 0.2) is 24.4 Å². The molecule has 0 saturated carbocycles. The molecule has 0 aromatic rings. The van der Waals surface area contributed by atoms with E-state index in [9.17, 15) is 10.2 Å². The Morgan fingerprint density at radius 3 is 1.90 bits per heavy atom. The van der Waals surface area contributed by atoms with Crippen LogP contribution in [0.3, 0.4) is 0 Å². The molecule has 0 atom stereocenters. The van der Waals surface area contributed by atoms with E-state index in [0.29, 0.717) is 0 Å². The van der Waals surface area contributed by atoms with Crippen LogP contribution in [0.4, 0.5) is 0 Å². The molecular weight excluding hydrogens is 122 g/mol. The molecule has 0 spiro atoms. The van der Waals surface area contributed by atoms with Gasteiger partial charge in [-0.3, -0.25) is 0 Å². The van der Waals surface area contributed by atoms with Gasteiger partial charge in [0.15, 0.2) is 0 Å². The van der Waals surface area contributed by atoms with E-state index in [1.54, 1.807) is 0 Å². The van der Waals surface area contributed by atoms with E-state index < -0.39 is 11.7 Å². The van der Waals surface area contributed by atoms with Crippen molar-refractivity contribution in [2.45, 2.75) is 0 Å². The maximum absolute atomic E-state index is 10.1. The molecular formula is C5H6Li2O3. The van der Waals surface area contributed by atoms with Gasteiger partial charge in [0.2, 0.25) is 0 Å². The maximum atomic E-state index is 10.1. The minimum atomic E-state index is -0.662. The van der Waals surface area contributed by atoms with E-state index in [2.05, 4.69) is 11.3 Å². The smallest absolute Gasteiger partial charge is 0.873 e. The van der Waals surface area contributed by atoms with Gasteiger partial charge in [0.1, 0.15) is 0 Å². The molecule has 0 N–H and O–H groups in total. The van der Waals surface area contributed by atoms with Gasteiger partial charge >= 0.3 is 37.7 Å². The van der Waals surface area contributed by atoms with E-state index in [0.717, 1.165) is 6.08 Å². The standard InChI is InChI=1S/C5H8O3.2Li/c1-4(6)3-5(7)8-2;;/h3,6-7H,1H2,2H3;;/q;2*+1/p-2/b5-3-;;. The average molecular weight is 128 g/mol. The average Bonchev–Trinajstić information content (AvgIpc) is 1.65. The molecule has 0 aromatic carbocycles. The van der Waals surface area contributed by atoms with Gasteiger partial charge in [-0.25, -0.2) is 0 Å². The Kier molecular flexibility index (Phi) is 15.0. The molecule has 46 valence electrons. The van der Waals surface area contributed by atoms with Gasteiger partial charge in [-0.1, -0.05) is 0 Å². The maximum Gasteiger partial charge on any atom is 1.00 e. The van der Waals surface area contributed by atoms with Crippen molar-refractivity contribution in [1.29, 1.82) is 0 Å².